The highest BCUT2D eigenvalue weighted by atomic mass is 16.5. The van der Waals surface area contributed by atoms with Crippen LogP contribution in [0.15, 0.2) is 60.7 Å². The molecule has 2 aromatic rings. The Morgan fingerprint density at radius 2 is 1.55 bits per heavy atom. The second-order valence-corrected chi connectivity index (χ2v) is 5.04. The zero-order chi connectivity index (χ0) is 15.5. The van der Waals surface area contributed by atoms with Gasteiger partial charge in [0.1, 0.15) is 12.0 Å². The minimum Gasteiger partial charge on any atom is -0.495 e. The molecule has 0 amide bonds. The lowest BCUT2D eigenvalue weighted by Gasteiger charge is -2.22. The summed E-state index contributed by atoms with van der Waals surface area (Å²) in [5.74, 6) is 0.769. The fourth-order valence-electron chi connectivity index (χ4n) is 2.87. The van der Waals surface area contributed by atoms with E-state index in [2.05, 4.69) is 17.0 Å². The van der Waals surface area contributed by atoms with Gasteiger partial charge in [-0.15, -0.1) is 0 Å². The molecule has 22 heavy (non-hydrogen) atoms. The number of fused-ring (bicyclic) bond motifs is 2. The summed E-state index contributed by atoms with van der Waals surface area (Å²) >= 11 is 0. The van der Waals surface area contributed by atoms with Crippen molar-refractivity contribution in [2.75, 3.05) is 19.1 Å². The summed E-state index contributed by atoms with van der Waals surface area (Å²) in [5.41, 5.74) is 5.10. The molecular weight excluding hydrogens is 274 g/mol. The van der Waals surface area contributed by atoms with Crippen LogP contribution in [0.25, 0.3) is 11.3 Å². The maximum Gasteiger partial charge on any atom is 0.142 e. The van der Waals surface area contributed by atoms with Crippen LogP contribution in [0.3, 0.4) is 0 Å². The third-order valence-corrected chi connectivity index (χ3v) is 3.86. The van der Waals surface area contributed by atoms with Gasteiger partial charge < -0.3 is 9.64 Å². The highest BCUT2D eigenvalue weighted by molar-refractivity contribution is 6.03. The minimum atomic E-state index is 0.769. The number of ether oxygens (including phenoxy) is 1. The van der Waals surface area contributed by atoms with Crippen molar-refractivity contribution in [3.8, 4) is 0 Å². The minimum absolute atomic E-state index is 0.769. The van der Waals surface area contributed by atoms with Crippen LogP contribution in [-0.4, -0.2) is 20.4 Å². The lowest BCUT2D eigenvalue weighted by atomic mass is 10.00. The average Bonchev–Trinajstić information content (AvgIpc) is 2.67. The Morgan fingerprint density at radius 3 is 2.18 bits per heavy atom. The summed E-state index contributed by atoms with van der Waals surface area (Å²) in [6.07, 6.45) is 4.09. The summed E-state index contributed by atoms with van der Waals surface area (Å²) < 4.78 is 5.70. The van der Waals surface area contributed by atoms with Crippen molar-refractivity contribution in [1.29, 1.82) is 0 Å². The Bertz CT molecular complexity index is 775. The summed E-state index contributed by atoms with van der Waals surface area (Å²) in [5, 5.41) is 0. The van der Waals surface area contributed by atoms with Crippen molar-refractivity contribution in [3.63, 3.8) is 0 Å². The predicted molar refractivity (Wildman–Crippen MR) is 90.0 cm³/mol. The SMILES string of the molecule is COC1=C(/C=C/C=O)c2ccccc2N(C)c2ccccc21. The van der Waals surface area contributed by atoms with Crippen molar-refractivity contribution < 1.29 is 9.53 Å². The van der Waals surface area contributed by atoms with E-state index in [1.807, 2.05) is 43.4 Å². The molecule has 0 bridgehead atoms. The maximum absolute atomic E-state index is 10.8. The highest BCUT2D eigenvalue weighted by Crippen LogP contribution is 2.43. The number of hydrogen-bond acceptors (Lipinski definition) is 3. The van der Waals surface area contributed by atoms with Crippen molar-refractivity contribution in [2.24, 2.45) is 0 Å². The van der Waals surface area contributed by atoms with E-state index in [1.54, 1.807) is 13.2 Å². The standard InChI is InChI=1S/C19H17NO2/c1-20-17-11-5-3-8-14(17)15(10-7-13-21)19(22-2)16-9-4-6-12-18(16)20/h3-13H,1-2H3/b10-7+. The van der Waals surface area contributed by atoms with Gasteiger partial charge in [-0.2, -0.15) is 0 Å². The van der Waals surface area contributed by atoms with Gasteiger partial charge in [0, 0.05) is 29.4 Å². The molecule has 0 fully saturated rings. The smallest absolute Gasteiger partial charge is 0.142 e. The predicted octanol–water partition coefficient (Wildman–Crippen LogP) is 4.04. The van der Waals surface area contributed by atoms with Gasteiger partial charge in [0.05, 0.1) is 12.8 Å². The first-order chi connectivity index (χ1) is 10.8. The first kappa shape index (κ1) is 14.1. The first-order valence-electron chi connectivity index (χ1n) is 7.10. The van der Waals surface area contributed by atoms with Crippen LogP contribution in [0.4, 0.5) is 11.4 Å². The number of hydrogen-bond donors (Lipinski definition) is 0. The molecule has 110 valence electrons. The van der Waals surface area contributed by atoms with Crippen molar-refractivity contribution >= 4 is 29.0 Å². The molecule has 0 N–H and O–H groups in total. The van der Waals surface area contributed by atoms with Gasteiger partial charge in [-0.25, -0.2) is 0 Å². The van der Waals surface area contributed by atoms with Gasteiger partial charge in [0.25, 0.3) is 0 Å². The van der Waals surface area contributed by atoms with Crippen LogP contribution in [0.1, 0.15) is 11.1 Å². The Balaban J connectivity index is 2.40. The van der Waals surface area contributed by atoms with Crippen LogP contribution in [0.2, 0.25) is 0 Å². The topological polar surface area (TPSA) is 29.5 Å². The number of para-hydroxylation sites is 2. The van der Waals surface area contributed by atoms with Crippen molar-refractivity contribution in [3.05, 3.63) is 71.8 Å². The number of carbonyl (C=O) groups excluding carboxylic acids is 1. The van der Waals surface area contributed by atoms with E-state index < -0.39 is 0 Å². The van der Waals surface area contributed by atoms with Crippen LogP contribution in [-0.2, 0) is 9.53 Å². The molecular formula is C19H17NO2. The molecule has 0 atom stereocenters. The zero-order valence-corrected chi connectivity index (χ0v) is 12.6. The summed E-state index contributed by atoms with van der Waals surface area (Å²) in [6.45, 7) is 0. The lowest BCUT2D eigenvalue weighted by Crippen LogP contribution is -2.11. The molecule has 0 saturated heterocycles. The van der Waals surface area contributed by atoms with E-state index in [9.17, 15) is 4.79 Å². The van der Waals surface area contributed by atoms with Crippen LogP contribution in [0, 0.1) is 0 Å². The lowest BCUT2D eigenvalue weighted by molar-refractivity contribution is -0.104. The van der Waals surface area contributed by atoms with E-state index in [1.165, 1.54) is 6.08 Å². The average molecular weight is 291 g/mol. The Kier molecular flexibility index (Phi) is 3.79. The van der Waals surface area contributed by atoms with Gasteiger partial charge in [0.15, 0.2) is 0 Å². The molecule has 0 aliphatic carbocycles. The summed E-state index contributed by atoms with van der Waals surface area (Å²) in [7, 11) is 3.70. The van der Waals surface area contributed by atoms with Crippen LogP contribution in [0.5, 0.6) is 0 Å². The second-order valence-electron chi connectivity index (χ2n) is 5.04. The molecule has 0 saturated carbocycles. The summed E-state index contributed by atoms with van der Waals surface area (Å²) in [6, 6.07) is 16.2. The Morgan fingerprint density at radius 1 is 0.955 bits per heavy atom. The number of aldehydes is 1. The molecule has 3 nitrogen and oxygen atoms in total. The first-order valence-corrected chi connectivity index (χ1v) is 7.10. The number of carbonyl (C=O) groups is 1. The van der Waals surface area contributed by atoms with Gasteiger partial charge in [-0.3, -0.25) is 4.79 Å². The number of methoxy groups -OCH3 is 1. The fourth-order valence-corrected chi connectivity index (χ4v) is 2.87. The van der Waals surface area contributed by atoms with E-state index in [4.69, 9.17) is 4.74 Å². The monoisotopic (exact) mass is 291 g/mol. The van der Waals surface area contributed by atoms with E-state index in [0.717, 1.165) is 40.1 Å². The second kappa shape index (κ2) is 5.90. The third-order valence-electron chi connectivity index (χ3n) is 3.86. The molecule has 3 heteroatoms. The van der Waals surface area contributed by atoms with Crippen LogP contribution >= 0.6 is 0 Å². The number of anilines is 2. The van der Waals surface area contributed by atoms with Crippen molar-refractivity contribution in [2.45, 2.75) is 0 Å². The zero-order valence-electron chi connectivity index (χ0n) is 12.6. The molecule has 0 unspecified atom stereocenters. The molecule has 1 heterocycles. The van der Waals surface area contributed by atoms with E-state index >= 15 is 0 Å². The van der Waals surface area contributed by atoms with E-state index in [-0.39, 0.29) is 0 Å². The Hall–Kier alpha value is -2.81. The number of benzene rings is 2. The number of rotatable bonds is 3. The van der Waals surface area contributed by atoms with Gasteiger partial charge in [-0.05, 0) is 30.4 Å². The molecule has 0 aromatic heterocycles. The molecule has 2 aromatic carbocycles. The molecule has 3 rings (SSSR count). The van der Waals surface area contributed by atoms with Gasteiger partial charge in [0.2, 0.25) is 0 Å². The number of nitrogens with zero attached hydrogens (tertiary/aromatic N) is 1. The van der Waals surface area contributed by atoms with Crippen molar-refractivity contribution in [1.82, 2.24) is 0 Å². The highest BCUT2D eigenvalue weighted by Gasteiger charge is 2.23. The molecule has 1 aliphatic heterocycles. The van der Waals surface area contributed by atoms with Crippen LogP contribution < -0.4 is 4.90 Å². The Labute approximate surface area is 130 Å². The fraction of sp³-hybridized carbons (Fsp3) is 0.105. The normalized spacial score (nSPS) is 13.6. The maximum atomic E-state index is 10.8. The summed E-state index contributed by atoms with van der Waals surface area (Å²) in [4.78, 5) is 12.9. The molecule has 0 spiro atoms. The number of allylic oxidation sites excluding steroid dienone is 3. The van der Waals surface area contributed by atoms with Gasteiger partial charge >= 0.3 is 0 Å². The quantitative estimate of drug-likeness (QED) is 0.631. The van der Waals surface area contributed by atoms with Gasteiger partial charge in [-0.1, -0.05) is 30.3 Å². The molecule has 0 radical (unpaired) electrons. The molecule has 1 aliphatic rings. The van der Waals surface area contributed by atoms with E-state index in [0.29, 0.717) is 0 Å². The largest absolute Gasteiger partial charge is 0.495 e. The third kappa shape index (κ3) is 2.21.